The number of nitrogens with zero attached hydrogens (tertiary/aromatic N) is 1. The number of nitriles is 1. The van der Waals surface area contributed by atoms with E-state index in [0.717, 1.165) is 10.9 Å². The van der Waals surface area contributed by atoms with Gasteiger partial charge in [-0.05, 0) is 6.07 Å². The molecule has 0 aliphatic carbocycles. The van der Waals surface area contributed by atoms with Crippen molar-refractivity contribution < 1.29 is 0 Å². The van der Waals surface area contributed by atoms with E-state index in [1.807, 2.05) is 35.7 Å². The second-order valence-corrected chi connectivity index (χ2v) is 3.79. The molecule has 2 rings (SSSR count). The molecule has 0 fully saturated rings. The van der Waals surface area contributed by atoms with Gasteiger partial charge in [0.25, 0.3) is 0 Å². The maximum Gasteiger partial charge on any atom is 0.0933 e. The lowest BCUT2D eigenvalue weighted by atomic mass is 10.1. The summed E-state index contributed by atoms with van der Waals surface area (Å²) in [6.45, 7) is 0. The molecule has 0 spiro atoms. The molecular weight excluding hydrogens is 192 g/mol. The average Bonchev–Trinajstić information content (AvgIpc) is 2.61. The van der Waals surface area contributed by atoms with E-state index in [2.05, 4.69) is 0 Å². The van der Waals surface area contributed by atoms with Crippen LogP contribution >= 0.6 is 11.3 Å². The highest BCUT2D eigenvalue weighted by Crippen LogP contribution is 2.28. The van der Waals surface area contributed by atoms with E-state index in [4.69, 9.17) is 11.0 Å². The number of benzene rings is 1. The van der Waals surface area contributed by atoms with Crippen molar-refractivity contribution in [2.75, 3.05) is 0 Å². The Labute approximate surface area is 85.9 Å². The molecule has 0 saturated carbocycles. The fraction of sp³-hybridized carbons (Fsp3) is 0. The number of nitrogens with two attached hydrogens (primary N) is 1. The van der Waals surface area contributed by atoms with E-state index >= 15 is 0 Å². The van der Waals surface area contributed by atoms with Crippen molar-refractivity contribution in [2.24, 2.45) is 5.73 Å². The van der Waals surface area contributed by atoms with Crippen molar-refractivity contribution in [3.8, 4) is 6.07 Å². The highest BCUT2D eigenvalue weighted by atomic mass is 32.1. The maximum atomic E-state index is 8.50. The largest absolute Gasteiger partial charge is 0.398 e. The molecular formula is C11H8N2S. The molecule has 0 bridgehead atoms. The molecule has 2 nitrogen and oxygen atoms in total. The first-order chi connectivity index (χ1) is 6.83. The highest BCUT2D eigenvalue weighted by molar-refractivity contribution is 7.17. The van der Waals surface area contributed by atoms with Gasteiger partial charge in [-0.3, -0.25) is 0 Å². The fourth-order valence-corrected chi connectivity index (χ4v) is 2.32. The van der Waals surface area contributed by atoms with Crippen LogP contribution in [-0.2, 0) is 0 Å². The molecule has 3 heteroatoms. The molecule has 2 aromatic rings. The van der Waals surface area contributed by atoms with E-state index in [-0.39, 0.29) is 0 Å². The van der Waals surface area contributed by atoms with Gasteiger partial charge in [0, 0.05) is 27.1 Å². The third kappa shape index (κ3) is 1.36. The monoisotopic (exact) mass is 200 g/mol. The van der Waals surface area contributed by atoms with Crippen LogP contribution in [0.15, 0.2) is 35.7 Å². The Morgan fingerprint density at radius 2 is 2.21 bits per heavy atom. The van der Waals surface area contributed by atoms with Crippen molar-refractivity contribution in [1.29, 1.82) is 5.26 Å². The number of hydrogen-bond acceptors (Lipinski definition) is 3. The van der Waals surface area contributed by atoms with Gasteiger partial charge in [-0.25, -0.2) is 0 Å². The summed E-state index contributed by atoms with van der Waals surface area (Å²) in [6, 6.07) is 9.96. The van der Waals surface area contributed by atoms with E-state index in [9.17, 15) is 0 Å². The second kappa shape index (κ2) is 3.52. The van der Waals surface area contributed by atoms with E-state index < -0.39 is 0 Å². The number of allylic oxidation sites excluding steroid dienone is 1. The van der Waals surface area contributed by atoms with Gasteiger partial charge in [0.05, 0.1) is 11.8 Å². The Morgan fingerprint density at radius 1 is 1.43 bits per heavy atom. The summed E-state index contributed by atoms with van der Waals surface area (Å²) in [7, 11) is 0. The average molecular weight is 200 g/mol. The zero-order valence-corrected chi connectivity index (χ0v) is 8.21. The van der Waals surface area contributed by atoms with E-state index in [0.29, 0.717) is 5.70 Å². The lowest BCUT2D eigenvalue weighted by molar-refractivity contribution is 1.51. The first-order valence-corrected chi connectivity index (χ1v) is 5.03. The highest BCUT2D eigenvalue weighted by Gasteiger charge is 2.04. The van der Waals surface area contributed by atoms with Crippen LogP contribution in [0.3, 0.4) is 0 Å². The van der Waals surface area contributed by atoms with Crippen LogP contribution in [0.2, 0.25) is 0 Å². The van der Waals surface area contributed by atoms with Crippen molar-refractivity contribution in [3.63, 3.8) is 0 Å². The van der Waals surface area contributed by atoms with Crippen molar-refractivity contribution in [2.45, 2.75) is 0 Å². The molecule has 0 saturated heterocycles. The van der Waals surface area contributed by atoms with Crippen LogP contribution in [0.5, 0.6) is 0 Å². The summed E-state index contributed by atoms with van der Waals surface area (Å²) in [5.74, 6) is 0. The molecule has 0 radical (unpaired) electrons. The van der Waals surface area contributed by atoms with Crippen LogP contribution < -0.4 is 5.73 Å². The van der Waals surface area contributed by atoms with Gasteiger partial charge in [0.1, 0.15) is 0 Å². The number of thiophene rings is 1. The van der Waals surface area contributed by atoms with Crippen LogP contribution in [0.25, 0.3) is 15.8 Å². The van der Waals surface area contributed by atoms with E-state index in [1.165, 1.54) is 10.8 Å². The van der Waals surface area contributed by atoms with Crippen molar-refractivity contribution >= 4 is 27.1 Å². The predicted molar refractivity (Wildman–Crippen MR) is 59.6 cm³/mol. The topological polar surface area (TPSA) is 49.8 Å². The van der Waals surface area contributed by atoms with Crippen molar-refractivity contribution in [1.82, 2.24) is 0 Å². The normalized spacial score (nSPS) is 11.5. The summed E-state index contributed by atoms with van der Waals surface area (Å²) < 4.78 is 1.19. The molecule has 0 unspecified atom stereocenters. The van der Waals surface area contributed by atoms with Gasteiger partial charge in [-0.15, -0.1) is 11.3 Å². The minimum atomic E-state index is 0.532. The molecule has 1 aromatic carbocycles. The Bertz CT molecular complexity index is 531. The first-order valence-electron chi connectivity index (χ1n) is 4.15. The van der Waals surface area contributed by atoms with Crippen LogP contribution in [-0.4, -0.2) is 0 Å². The summed E-state index contributed by atoms with van der Waals surface area (Å²) in [5.41, 5.74) is 7.24. The minimum absolute atomic E-state index is 0.532. The van der Waals surface area contributed by atoms with Gasteiger partial charge >= 0.3 is 0 Å². The standard InChI is InChI=1S/C11H8N2S/c12-6-5-10(13)9-7-14-11-4-2-1-3-8(9)11/h1-5,7H,13H2/b10-5+. The Kier molecular flexibility index (Phi) is 2.21. The van der Waals surface area contributed by atoms with Crippen LogP contribution in [0.4, 0.5) is 0 Å². The summed E-state index contributed by atoms with van der Waals surface area (Å²) in [6.07, 6.45) is 1.37. The minimum Gasteiger partial charge on any atom is -0.398 e. The first kappa shape index (κ1) is 8.79. The zero-order chi connectivity index (χ0) is 9.97. The lowest BCUT2D eigenvalue weighted by Crippen LogP contribution is -1.93. The fourth-order valence-electron chi connectivity index (χ4n) is 1.35. The number of hydrogen-bond donors (Lipinski definition) is 1. The molecule has 0 amide bonds. The third-order valence-electron chi connectivity index (χ3n) is 2.01. The quantitative estimate of drug-likeness (QED) is 0.719. The zero-order valence-electron chi connectivity index (χ0n) is 7.40. The lowest BCUT2D eigenvalue weighted by Gasteiger charge is -1.96. The molecule has 14 heavy (non-hydrogen) atoms. The molecule has 0 aliphatic rings. The number of rotatable bonds is 1. The molecule has 0 atom stereocenters. The molecule has 0 aliphatic heterocycles. The molecule has 2 N–H and O–H groups in total. The Morgan fingerprint density at radius 3 is 3.00 bits per heavy atom. The third-order valence-corrected chi connectivity index (χ3v) is 2.98. The summed E-state index contributed by atoms with van der Waals surface area (Å²) >= 11 is 1.64. The van der Waals surface area contributed by atoms with Gasteiger partial charge in [0.2, 0.25) is 0 Å². The molecule has 1 aromatic heterocycles. The Balaban J connectivity index is 2.65. The Hall–Kier alpha value is -1.79. The van der Waals surface area contributed by atoms with Gasteiger partial charge < -0.3 is 5.73 Å². The van der Waals surface area contributed by atoms with Crippen LogP contribution in [0, 0.1) is 11.3 Å². The second-order valence-electron chi connectivity index (χ2n) is 2.87. The van der Waals surface area contributed by atoms with E-state index in [1.54, 1.807) is 11.3 Å². The van der Waals surface area contributed by atoms with Gasteiger partial charge in [-0.2, -0.15) is 5.26 Å². The smallest absolute Gasteiger partial charge is 0.0933 e. The van der Waals surface area contributed by atoms with Gasteiger partial charge in [-0.1, -0.05) is 18.2 Å². The molecule has 68 valence electrons. The predicted octanol–water partition coefficient (Wildman–Crippen LogP) is 2.72. The van der Waals surface area contributed by atoms with Gasteiger partial charge in [0.15, 0.2) is 0 Å². The molecule has 1 heterocycles. The van der Waals surface area contributed by atoms with Crippen LogP contribution in [0.1, 0.15) is 5.56 Å². The SMILES string of the molecule is N#C/C=C(/N)c1csc2ccccc12. The maximum absolute atomic E-state index is 8.50. The summed E-state index contributed by atoms with van der Waals surface area (Å²) in [5, 5.41) is 11.6. The van der Waals surface area contributed by atoms with Crippen molar-refractivity contribution in [3.05, 3.63) is 41.3 Å². The number of fused-ring (bicyclic) bond motifs is 1. The summed E-state index contributed by atoms with van der Waals surface area (Å²) in [4.78, 5) is 0.